The Morgan fingerprint density at radius 3 is 2.50 bits per heavy atom. The number of hydrogen-bond acceptors (Lipinski definition) is 4. The zero-order chi connectivity index (χ0) is 17.3. The molecule has 1 aliphatic heterocycles. The molecule has 0 spiro atoms. The molecule has 6 nitrogen and oxygen atoms in total. The number of piperazine rings is 1. The highest BCUT2D eigenvalue weighted by molar-refractivity contribution is 9.10. The topological polar surface area (TPSA) is 58.4 Å². The molecule has 1 saturated heterocycles. The molecule has 2 aromatic rings. The Morgan fingerprint density at radius 2 is 1.88 bits per heavy atom. The van der Waals surface area contributed by atoms with Crippen molar-refractivity contribution >= 4 is 49.2 Å². The maximum atomic E-state index is 12.8. The maximum Gasteiger partial charge on any atom is 0.244 e. The van der Waals surface area contributed by atoms with Gasteiger partial charge in [0.05, 0.1) is 22.4 Å². The first kappa shape index (κ1) is 18.2. The molecule has 0 unspecified atom stereocenters. The Kier molecular flexibility index (Phi) is 5.53. The van der Waals surface area contributed by atoms with Crippen LogP contribution in [0.15, 0.2) is 40.0 Å². The van der Waals surface area contributed by atoms with E-state index in [0.717, 1.165) is 4.47 Å². The summed E-state index contributed by atoms with van der Waals surface area (Å²) in [4.78, 5) is 2.20. The summed E-state index contributed by atoms with van der Waals surface area (Å²) in [5.74, 6) is 0. The Hall–Kier alpha value is -0.640. The van der Waals surface area contributed by atoms with Crippen LogP contribution in [0.3, 0.4) is 0 Å². The second kappa shape index (κ2) is 7.31. The van der Waals surface area contributed by atoms with Gasteiger partial charge in [-0.2, -0.15) is 9.40 Å². The normalized spacial score (nSPS) is 17.3. The van der Waals surface area contributed by atoms with E-state index in [1.54, 1.807) is 12.3 Å². The zero-order valence-corrected chi connectivity index (χ0v) is 16.5. The summed E-state index contributed by atoms with van der Waals surface area (Å²) in [6, 6.07) is 4.47. The summed E-state index contributed by atoms with van der Waals surface area (Å²) in [5, 5.41) is 4.74. The lowest BCUT2D eigenvalue weighted by Crippen LogP contribution is -2.48. The third-order valence-electron chi connectivity index (χ3n) is 3.79. The van der Waals surface area contributed by atoms with Crippen molar-refractivity contribution in [1.29, 1.82) is 0 Å². The fraction of sp³-hybridized carbons (Fsp3) is 0.357. The van der Waals surface area contributed by atoms with Crippen molar-refractivity contribution < 1.29 is 8.42 Å². The highest BCUT2D eigenvalue weighted by Gasteiger charge is 2.30. The van der Waals surface area contributed by atoms with Gasteiger partial charge in [-0.1, -0.05) is 23.2 Å². The van der Waals surface area contributed by atoms with Crippen LogP contribution in [0.5, 0.6) is 0 Å². The first-order chi connectivity index (χ1) is 11.4. The first-order valence-electron chi connectivity index (χ1n) is 7.22. The number of sulfonamides is 1. The average Bonchev–Trinajstić information content (AvgIpc) is 2.95. The van der Waals surface area contributed by atoms with Crippen molar-refractivity contribution in [2.75, 3.05) is 26.2 Å². The van der Waals surface area contributed by atoms with Crippen molar-refractivity contribution in [3.8, 4) is 0 Å². The van der Waals surface area contributed by atoms with E-state index in [4.69, 9.17) is 23.2 Å². The predicted octanol–water partition coefficient (Wildman–Crippen LogP) is 2.92. The van der Waals surface area contributed by atoms with Crippen molar-refractivity contribution in [3.63, 3.8) is 0 Å². The first-order valence-corrected chi connectivity index (χ1v) is 10.2. The Bertz CT molecular complexity index is 835. The molecule has 0 aliphatic carbocycles. The van der Waals surface area contributed by atoms with Gasteiger partial charge < -0.3 is 0 Å². The fourth-order valence-electron chi connectivity index (χ4n) is 2.55. The third kappa shape index (κ3) is 3.95. The predicted molar refractivity (Wildman–Crippen MR) is 96.7 cm³/mol. The third-order valence-corrected chi connectivity index (χ3v) is 6.81. The van der Waals surface area contributed by atoms with Crippen LogP contribution in [0, 0.1) is 0 Å². The summed E-state index contributed by atoms with van der Waals surface area (Å²) in [5.41, 5.74) is 0. The summed E-state index contributed by atoms with van der Waals surface area (Å²) in [6.45, 7) is 2.66. The molecule has 1 aromatic heterocycles. The Morgan fingerprint density at radius 1 is 1.17 bits per heavy atom. The van der Waals surface area contributed by atoms with Gasteiger partial charge in [-0.05, 0) is 34.1 Å². The number of hydrogen-bond donors (Lipinski definition) is 0. The molecule has 10 heteroatoms. The van der Waals surface area contributed by atoms with Crippen LogP contribution in [-0.4, -0.2) is 53.6 Å². The second-order valence-electron chi connectivity index (χ2n) is 5.44. The van der Waals surface area contributed by atoms with Crippen LogP contribution >= 0.6 is 39.1 Å². The van der Waals surface area contributed by atoms with Crippen molar-refractivity contribution in [1.82, 2.24) is 19.0 Å². The molecule has 0 bridgehead atoms. The van der Waals surface area contributed by atoms with Crippen molar-refractivity contribution in [3.05, 3.63) is 45.1 Å². The van der Waals surface area contributed by atoms with Crippen LogP contribution in [0.25, 0.3) is 0 Å². The molecule has 2 heterocycles. The molecule has 0 saturated carbocycles. The van der Waals surface area contributed by atoms with E-state index >= 15 is 0 Å². The van der Waals surface area contributed by atoms with Gasteiger partial charge in [0, 0.05) is 37.4 Å². The van der Waals surface area contributed by atoms with E-state index in [1.807, 2.05) is 10.9 Å². The van der Waals surface area contributed by atoms with E-state index in [2.05, 4.69) is 25.9 Å². The monoisotopic (exact) mass is 452 g/mol. The highest BCUT2D eigenvalue weighted by Crippen LogP contribution is 2.28. The number of halogens is 3. The molecule has 3 rings (SSSR count). The van der Waals surface area contributed by atoms with Gasteiger partial charge in [-0.25, -0.2) is 8.42 Å². The molecular weight excluding hydrogens is 439 g/mol. The van der Waals surface area contributed by atoms with Crippen LogP contribution < -0.4 is 0 Å². The lowest BCUT2D eigenvalue weighted by atomic mass is 10.4. The van der Waals surface area contributed by atoms with Gasteiger partial charge >= 0.3 is 0 Å². The second-order valence-corrected chi connectivity index (χ2v) is 9.10. The molecule has 0 amide bonds. The van der Waals surface area contributed by atoms with Crippen molar-refractivity contribution in [2.24, 2.45) is 0 Å². The Labute approximate surface area is 159 Å². The molecule has 1 aromatic carbocycles. The van der Waals surface area contributed by atoms with Gasteiger partial charge in [0.15, 0.2) is 0 Å². The van der Waals surface area contributed by atoms with E-state index in [1.165, 1.54) is 16.4 Å². The van der Waals surface area contributed by atoms with E-state index < -0.39 is 10.0 Å². The zero-order valence-electron chi connectivity index (χ0n) is 12.6. The molecule has 24 heavy (non-hydrogen) atoms. The summed E-state index contributed by atoms with van der Waals surface area (Å²) in [7, 11) is -3.65. The van der Waals surface area contributed by atoms with E-state index in [9.17, 15) is 8.42 Å². The van der Waals surface area contributed by atoms with Gasteiger partial charge in [-0.3, -0.25) is 9.58 Å². The van der Waals surface area contributed by atoms with Crippen LogP contribution in [0.2, 0.25) is 10.0 Å². The number of benzene rings is 1. The summed E-state index contributed by atoms with van der Waals surface area (Å²) in [6.07, 6.45) is 3.61. The van der Waals surface area contributed by atoms with Crippen LogP contribution in [0.4, 0.5) is 0 Å². The van der Waals surface area contributed by atoms with Crippen molar-refractivity contribution in [2.45, 2.75) is 11.6 Å². The van der Waals surface area contributed by atoms with E-state index in [0.29, 0.717) is 37.9 Å². The van der Waals surface area contributed by atoms with Crippen LogP contribution in [-0.2, 0) is 16.7 Å². The molecule has 0 radical (unpaired) electrons. The molecule has 1 aliphatic rings. The lowest BCUT2D eigenvalue weighted by molar-refractivity contribution is 0.146. The molecule has 0 N–H and O–H groups in total. The largest absolute Gasteiger partial charge is 0.282 e. The smallest absolute Gasteiger partial charge is 0.244 e. The van der Waals surface area contributed by atoms with Gasteiger partial charge in [-0.15, -0.1) is 0 Å². The molecular formula is C14H15BrCl2N4O2S. The maximum absolute atomic E-state index is 12.8. The number of rotatable bonds is 4. The Balaban J connectivity index is 1.68. The highest BCUT2D eigenvalue weighted by atomic mass is 79.9. The van der Waals surface area contributed by atoms with Gasteiger partial charge in [0.1, 0.15) is 4.90 Å². The quantitative estimate of drug-likeness (QED) is 0.714. The lowest BCUT2D eigenvalue weighted by Gasteiger charge is -2.33. The van der Waals surface area contributed by atoms with Crippen LogP contribution in [0.1, 0.15) is 0 Å². The summed E-state index contributed by atoms with van der Waals surface area (Å²) >= 11 is 15.3. The molecule has 0 atom stereocenters. The minimum absolute atomic E-state index is 0.0566. The molecule has 130 valence electrons. The summed E-state index contributed by atoms with van der Waals surface area (Å²) < 4.78 is 29.7. The average molecular weight is 454 g/mol. The molecule has 1 fully saturated rings. The number of nitrogens with zero attached hydrogens (tertiary/aromatic N) is 4. The van der Waals surface area contributed by atoms with Gasteiger partial charge in [0.2, 0.25) is 10.0 Å². The van der Waals surface area contributed by atoms with E-state index in [-0.39, 0.29) is 9.92 Å². The van der Waals surface area contributed by atoms with Gasteiger partial charge in [0.25, 0.3) is 0 Å². The standard InChI is InChI=1S/C14H15BrCl2N4O2S/c15-11-8-18-20(9-11)10-19-3-5-21(6-4-19)24(22,23)14-7-12(16)1-2-13(14)17/h1-2,7-9H,3-6,10H2. The number of aromatic nitrogens is 2. The fourth-order valence-corrected chi connectivity index (χ4v) is 5.03. The minimum Gasteiger partial charge on any atom is -0.282 e. The minimum atomic E-state index is -3.65. The SMILES string of the molecule is O=S(=O)(c1cc(Cl)ccc1Cl)N1CCN(Cn2cc(Br)cn2)CC1.